The molecule has 0 radical (unpaired) electrons. The highest BCUT2D eigenvalue weighted by Gasteiger charge is 2.26. The van der Waals surface area contributed by atoms with Gasteiger partial charge in [0, 0.05) is 16.8 Å². The highest BCUT2D eigenvalue weighted by atomic mass is 32.1. The van der Waals surface area contributed by atoms with E-state index in [4.69, 9.17) is 16.6 Å². The summed E-state index contributed by atoms with van der Waals surface area (Å²) in [5.41, 5.74) is 15.6. The number of hydrogen-bond donors (Lipinski definition) is 4. The lowest BCUT2D eigenvalue weighted by atomic mass is 9.90. The second kappa shape index (κ2) is 10.4. The second-order valence-electron chi connectivity index (χ2n) is 8.75. The van der Waals surface area contributed by atoms with Crippen molar-refractivity contribution in [3.05, 3.63) is 100 Å². The van der Waals surface area contributed by atoms with Gasteiger partial charge in [0.25, 0.3) is 0 Å². The quantitative estimate of drug-likeness (QED) is 0.243. The van der Waals surface area contributed by atoms with E-state index in [0.29, 0.717) is 24.1 Å². The Hall–Kier alpha value is -3.52. The molecule has 1 heterocycles. The molecule has 1 unspecified atom stereocenters. The first-order chi connectivity index (χ1) is 16.8. The SMILES string of the molecule is CC(C(=O)Nc1cc(C(N)(N)c2ccccc2)ccc1CCCC(=O)O)c1csc2ccccc12. The zero-order valence-corrected chi connectivity index (χ0v) is 20.3. The minimum atomic E-state index is -1.25. The molecule has 0 aliphatic carbocycles. The van der Waals surface area contributed by atoms with Crippen molar-refractivity contribution in [2.24, 2.45) is 11.5 Å². The van der Waals surface area contributed by atoms with E-state index in [9.17, 15) is 9.59 Å². The number of anilines is 1. The highest BCUT2D eigenvalue weighted by Crippen LogP contribution is 2.33. The zero-order valence-electron chi connectivity index (χ0n) is 19.5. The molecule has 3 aromatic carbocycles. The Morgan fingerprint density at radius 2 is 1.71 bits per heavy atom. The van der Waals surface area contributed by atoms with Crippen LogP contribution in [-0.2, 0) is 21.7 Å². The largest absolute Gasteiger partial charge is 0.481 e. The van der Waals surface area contributed by atoms with E-state index in [-0.39, 0.29) is 18.2 Å². The van der Waals surface area contributed by atoms with Crippen molar-refractivity contribution >= 4 is 39.0 Å². The number of amides is 1. The standard InChI is InChI=1S/C28H29N3O3S/c1-18(23-17-35-25-12-6-5-11-22(23)25)27(34)31-24-16-21(15-14-19(24)8-7-13-26(32)33)28(29,30)20-9-3-2-4-10-20/h2-6,9-12,14-18H,7-8,13,29-30H2,1H3,(H,31,34)(H,32,33). The molecule has 4 rings (SSSR count). The predicted molar refractivity (Wildman–Crippen MR) is 141 cm³/mol. The van der Waals surface area contributed by atoms with Gasteiger partial charge in [0.1, 0.15) is 5.66 Å². The van der Waals surface area contributed by atoms with E-state index < -0.39 is 11.6 Å². The van der Waals surface area contributed by atoms with Crippen molar-refractivity contribution in [3.63, 3.8) is 0 Å². The maximum absolute atomic E-state index is 13.4. The molecular formula is C28H29N3O3S. The fourth-order valence-corrected chi connectivity index (χ4v) is 5.25. The Labute approximate surface area is 208 Å². The molecule has 1 amide bonds. The molecule has 4 aromatic rings. The van der Waals surface area contributed by atoms with Crippen LogP contribution in [0.4, 0.5) is 5.69 Å². The van der Waals surface area contributed by atoms with Gasteiger partial charge in [-0.05, 0) is 64.9 Å². The summed E-state index contributed by atoms with van der Waals surface area (Å²) in [6.45, 7) is 1.89. The van der Waals surface area contributed by atoms with Crippen LogP contribution in [0.25, 0.3) is 10.1 Å². The maximum atomic E-state index is 13.4. The topological polar surface area (TPSA) is 118 Å². The van der Waals surface area contributed by atoms with Crippen LogP contribution >= 0.6 is 11.3 Å². The van der Waals surface area contributed by atoms with E-state index in [1.54, 1.807) is 17.4 Å². The number of rotatable bonds is 9. The van der Waals surface area contributed by atoms with Crippen LogP contribution in [0.15, 0.2) is 78.2 Å². The zero-order chi connectivity index (χ0) is 25.0. The summed E-state index contributed by atoms with van der Waals surface area (Å²) in [5.74, 6) is -1.38. The van der Waals surface area contributed by atoms with E-state index >= 15 is 0 Å². The Kier molecular flexibility index (Phi) is 7.31. The van der Waals surface area contributed by atoms with Gasteiger partial charge in [-0.1, -0.05) is 60.7 Å². The number of nitrogens with two attached hydrogens (primary N) is 2. The summed E-state index contributed by atoms with van der Waals surface area (Å²) >= 11 is 1.62. The Bertz CT molecular complexity index is 1350. The van der Waals surface area contributed by atoms with Gasteiger partial charge in [0.2, 0.25) is 5.91 Å². The molecule has 1 aromatic heterocycles. The van der Waals surface area contributed by atoms with Crippen LogP contribution in [0.5, 0.6) is 0 Å². The highest BCUT2D eigenvalue weighted by molar-refractivity contribution is 7.17. The summed E-state index contributed by atoms with van der Waals surface area (Å²) in [4.78, 5) is 24.4. The third-order valence-corrected chi connectivity index (χ3v) is 7.29. The smallest absolute Gasteiger partial charge is 0.303 e. The van der Waals surface area contributed by atoms with Gasteiger partial charge in [0.05, 0.1) is 5.92 Å². The Balaban J connectivity index is 1.65. The number of hydrogen-bond acceptors (Lipinski definition) is 5. The molecule has 1 atom stereocenters. The van der Waals surface area contributed by atoms with E-state index in [2.05, 4.69) is 5.32 Å². The molecule has 0 aliphatic heterocycles. The molecule has 0 saturated carbocycles. The first-order valence-electron chi connectivity index (χ1n) is 11.5. The van der Waals surface area contributed by atoms with Crippen LogP contribution in [0.2, 0.25) is 0 Å². The van der Waals surface area contributed by atoms with Crippen LogP contribution < -0.4 is 16.8 Å². The third kappa shape index (κ3) is 5.43. The average molecular weight is 488 g/mol. The average Bonchev–Trinajstić information content (AvgIpc) is 3.29. The number of carbonyl (C=O) groups is 2. The lowest BCUT2D eigenvalue weighted by Gasteiger charge is -2.27. The molecular weight excluding hydrogens is 458 g/mol. The summed E-state index contributed by atoms with van der Waals surface area (Å²) in [6.07, 6.45) is 1.01. The van der Waals surface area contributed by atoms with Crippen molar-refractivity contribution < 1.29 is 14.7 Å². The number of carbonyl (C=O) groups excluding carboxylic acids is 1. The maximum Gasteiger partial charge on any atom is 0.303 e. The third-order valence-electron chi connectivity index (χ3n) is 6.30. The normalized spacial score (nSPS) is 12.4. The van der Waals surface area contributed by atoms with E-state index in [1.807, 2.05) is 79.0 Å². The molecule has 6 nitrogen and oxygen atoms in total. The summed E-state index contributed by atoms with van der Waals surface area (Å²) in [6, 6.07) is 22.9. The number of carboxylic acid groups (broad SMARTS) is 1. The molecule has 35 heavy (non-hydrogen) atoms. The van der Waals surface area contributed by atoms with E-state index in [1.165, 1.54) is 0 Å². The number of nitrogens with one attached hydrogen (secondary N) is 1. The van der Waals surface area contributed by atoms with Crippen molar-refractivity contribution in [2.45, 2.75) is 37.8 Å². The summed E-state index contributed by atoms with van der Waals surface area (Å²) in [5, 5.41) is 15.2. The van der Waals surface area contributed by atoms with Gasteiger partial charge < -0.3 is 21.9 Å². The number of fused-ring (bicyclic) bond motifs is 1. The van der Waals surface area contributed by atoms with Crippen molar-refractivity contribution in [3.8, 4) is 0 Å². The molecule has 180 valence electrons. The minimum Gasteiger partial charge on any atom is -0.481 e. The molecule has 0 saturated heterocycles. The van der Waals surface area contributed by atoms with Gasteiger partial charge in [0.15, 0.2) is 0 Å². The van der Waals surface area contributed by atoms with Crippen LogP contribution in [-0.4, -0.2) is 17.0 Å². The molecule has 6 N–H and O–H groups in total. The van der Waals surface area contributed by atoms with Crippen molar-refractivity contribution in [1.82, 2.24) is 0 Å². The van der Waals surface area contributed by atoms with E-state index in [0.717, 1.165) is 26.8 Å². The monoisotopic (exact) mass is 487 g/mol. The van der Waals surface area contributed by atoms with Gasteiger partial charge in [-0.3, -0.25) is 9.59 Å². The van der Waals surface area contributed by atoms with Gasteiger partial charge >= 0.3 is 5.97 Å². The Morgan fingerprint density at radius 1 is 1.00 bits per heavy atom. The molecule has 0 fully saturated rings. The van der Waals surface area contributed by atoms with Crippen LogP contribution in [0, 0.1) is 0 Å². The van der Waals surface area contributed by atoms with Crippen LogP contribution in [0.1, 0.15) is 47.9 Å². The van der Waals surface area contributed by atoms with Crippen LogP contribution in [0.3, 0.4) is 0 Å². The second-order valence-corrected chi connectivity index (χ2v) is 9.66. The first kappa shape index (κ1) is 24.6. The summed E-state index contributed by atoms with van der Waals surface area (Å²) in [7, 11) is 0. The molecule has 0 aliphatic rings. The van der Waals surface area contributed by atoms with Gasteiger partial charge in [-0.15, -0.1) is 11.3 Å². The fourth-order valence-electron chi connectivity index (χ4n) is 4.19. The number of aryl methyl sites for hydroxylation is 1. The molecule has 0 bridgehead atoms. The molecule has 7 heteroatoms. The summed E-state index contributed by atoms with van der Waals surface area (Å²) < 4.78 is 1.14. The van der Waals surface area contributed by atoms with Gasteiger partial charge in [-0.25, -0.2) is 0 Å². The number of thiophene rings is 1. The Morgan fingerprint density at radius 3 is 2.46 bits per heavy atom. The first-order valence-corrected chi connectivity index (χ1v) is 12.4. The lowest BCUT2D eigenvalue weighted by Crippen LogP contribution is -2.47. The van der Waals surface area contributed by atoms with Crippen molar-refractivity contribution in [1.29, 1.82) is 0 Å². The lowest BCUT2D eigenvalue weighted by molar-refractivity contribution is -0.137. The number of benzene rings is 3. The van der Waals surface area contributed by atoms with Gasteiger partial charge in [-0.2, -0.15) is 0 Å². The number of carboxylic acids is 1. The molecule has 0 spiro atoms. The van der Waals surface area contributed by atoms with Crippen molar-refractivity contribution in [2.75, 3.05) is 5.32 Å². The predicted octanol–water partition coefficient (Wildman–Crippen LogP) is 5.17. The fraction of sp³-hybridized carbons (Fsp3) is 0.214. The minimum absolute atomic E-state index is 0.0498. The number of aliphatic carboxylic acids is 1.